The number of carbonyl (C=O) groups is 2. The minimum Gasteiger partial charge on any atom is -0.394 e. The Labute approximate surface area is 192 Å². The number of benzene rings is 2. The van der Waals surface area contributed by atoms with E-state index in [1.54, 1.807) is 15.9 Å². The highest BCUT2D eigenvalue weighted by Gasteiger charge is 2.54. The van der Waals surface area contributed by atoms with Gasteiger partial charge in [0.1, 0.15) is 5.82 Å². The Morgan fingerprint density at radius 1 is 1.09 bits per heavy atom. The van der Waals surface area contributed by atoms with Gasteiger partial charge in [-0.15, -0.1) is 0 Å². The van der Waals surface area contributed by atoms with Crippen molar-refractivity contribution >= 4 is 11.8 Å². The number of ether oxygens (including phenoxy) is 1. The van der Waals surface area contributed by atoms with Crippen LogP contribution in [0.15, 0.2) is 48.5 Å². The number of hydrogen-bond donors (Lipinski definition) is 1. The van der Waals surface area contributed by atoms with Crippen LogP contribution in [0, 0.1) is 5.82 Å². The molecule has 5 rings (SSSR count). The van der Waals surface area contributed by atoms with Gasteiger partial charge in [-0.3, -0.25) is 14.5 Å². The highest BCUT2D eigenvalue weighted by atomic mass is 19.1. The van der Waals surface area contributed by atoms with E-state index in [0.717, 1.165) is 29.8 Å². The fourth-order valence-electron chi connectivity index (χ4n) is 5.31. The first kappa shape index (κ1) is 22.0. The molecular formula is C25H28FN3O4. The average Bonchev–Trinajstić information content (AvgIpc) is 2.81. The van der Waals surface area contributed by atoms with Gasteiger partial charge in [0.25, 0.3) is 0 Å². The summed E-state index contributed by atoms with van der Waals surface area (Å²) in [5.41, 5.74) is 2.70. The van der Waals surface area contributed by atoms with E-state index in [0.29, 0.717) is 26.3 Å². The summed E-state index contributed by atoms with van der Waals surface area (Å²) in [4.78, 5) is 31.2. The van der Waals surface area contributed by atoms with E-state index in [9.17, 15) is 19.1 Å². The number of halogens is 1. The van der Waals surface area contributed by atoms with Crippen molar-refractivity contribution in [1.29, 1.82) is 0 Å². The zero-order valence-electron chi connectivity index (χ0n) is 18.4. The Morgan fingerprint density at radius 3 is 2.55 bits per heavy atom. The lowest BCUT2D eigenvalue weighted by Gasteiger charge is -2.58. The van der Waals surface area contributed by atoms with Crippen LogP contribution in [0.2, 0.25) is 0 Å². The molecule has 0 radical (unpaired) electrons. The largest absolute Gasteiger partial charge is 0.394 e. The molecule has 7 nitrogen and oxygen atoms in total. The van der Waals surface area contributed by atoms with Gasteiger partial charge >= 0.3 is 0 Å². The molecule has 2 amide bonds. The highest BCUT2D eigenvalue weighted by molar-refractivity contribution is 5.88. The van der Waals surface area contributed by atoms with Gasteiger partial charge in [-0.1, -0.05) is 36.4 Å². The summed E-state index contributed by atoms with van der Waals surface area (Å²) >= 11 is 0. The highest BCUT2D eigenvalue weighted by Crippen LogP contribution is 2.43. The Hall–Kier alpha value is -2.81. The summed E-state index contributed by atoms with van der Waals surface area (Å²) in [6, 6.07) is 13.8. The fraction of sp³-hybridized carbons (Fsp3) is 0.440. The first-order chi connectivity index (χ1) is 16.0. The molecule has 174 valence electrons. The number of fused-ring (bicyclic) bond motifs is 1. The molecule has 3 saturated heterocycles. The Morgan fingerprint density at radius 2 is 1.85 bits per heavy atom. The zero-order chi connectivity index (χ0) is 22.9. The Bertz CT molecular complexity index is 1020. The Kier molecular flexibility index (Phi) is 6.14. The SMILES string of the molecule is O=C(CN1CCOCC1)N1CC(=O)N2[C@H](CO)[C@H](c3ccc(-c4cccc(F)c4)cc3)[C@@H]2C1. The van der Waals surface area contributed by atoms with Crippen LogP contribution in [0.3, 0.4) is 0 Å². The minimum absolute atomic E-state index is 0.0439. The maximum atomic E-state index is 13.6. The van der Waals surface area contributed by atoms with Crippen LogP contribution in [0.5, 0.6) is 0 Å². The molecule has 3 aliphatic heterocycles. The number of piperazine rings is 1. The molecule has 3 fully saturated rings. The van der Waals surface area contributed by atoms with E-state index < -0.39 is 0 Å². The van der Waals surface area contributed by atoms with E-state index in [-0.39, 0.29) is 48.8 Å². The van der Waals surface area contributed by atoms with E-state index in [1.807, 2.05) is 30.3 Å². The molecule has 0 bridgehead atoms. The predicted molar refractivity (Wildman–Crippen MR) is 120 cm³/mol. The lowest BCUT2D eigenvalue weighted by molar-refractivity contribution is -0.167. The first-order valence-corrected chi connectivity index (χ1v) is 11.4. The summed E-state index contributed by atoms with van der Waals surface area (Å²) in [6.45, 7) is 3.36. The van der Waals surface area contributed by atoms with Gasteiger partial charge in [0.2, 0.25) is 11.8 Å². The second-order valence-electron chi connectivity index (χ2n) is 8.94. The van der Waals surface area contributed by atoms with Crippen LogP contribution in [0.1, 0.15) is 11.5 Å². The smallest absolute Gasteiger partial charge is 0.242 e. The molecule has 3 aliphatic rings. The van der Waals surface area contributed by atoms with E-state index in [2.05, 4.69) is 4.90 Å². The number of nitrogens with zero attached hydrogens (tertiary/aromatic N) is 3. The van der Waals surface area contributed by atoms with Crippen molar-refractivity contribution in [2.75, 3.05) is 52.5 Å². The van der Waals surface area contributed by atoms with Gasteiger partial charge in [-0.05, 0) is 28.8 Å². The molecule has 0 spiro atoms. The zero-order valence-corrected chi connectivity index (χ0v) is 18.4. The number of hydrogen-bond acceptors (Lipinski definition) is 5. The van der Waals surface area contributed by atoms with E-state index in [4.69, 9.17) is 4.74 Å². The van der Waals surface area contributed by atoms with Crippen LogP contribution in [-0.2, 0) is 14.3 Å². The van der Waals surface area contributed by atoms with Crippen LogP contribution in [0.4, 0.5) is 4.39 Å². The Balaban J connectivity index is 1.31. The van der Waals surface area contributed by atoms with Crippen molar-refractivity contribution in [2.45, 2.75) is 18.0 Å². The van der Waals surface area contributed by atoms with Crippen molar-refractivity contribution in [2.24, 2.45) is 0 Å². The number of morpholine rings is 1. The van der Waals surface area contributed by atoms with Gasteiger partial charge in [0, 0.05) is 25.6 Å². The number of carbonyl (C=O) groups excluding carboxylic acids is 2. The molecule has 0 aliphatic carbocycles. The third-order valence-corrected chi connectivity index (χ3v) is 7.02. The minimum atomic E-state index is -0.293. The van der Waals surface area contributed by atoms with Crippen LogP contribution >= 0.6 is 0 Å². The van der Waals surface area contributed by atoms with Gasteiger partial charge < -0.3 is 19.6 Å². The predicted octanol–water partition coefficient (Wildman–Crippen LogP) is 1.32. The van der Waals surface area contributed by atoms with Crippen molar-refractivity contribution in [3.05, 3.63) is 59.9 Å². The molecule has 2 aromatic carbocycles. The van der Waals surface area contributed by atoms with E-state index >= 15 is 0 Å². The van der Waals surface area contributed by atoms with Gasteiger partial charge in [-0.25, -0.2) is 4.39 Å². The molecular weight excluding hydrogens is 425 g/mol. The fourth-order valence-corrected chi connectivity index (χ4v) is 5.31. The molecule has 2 aromatic rings. The van der Waals surface area contributed by atoms with Gasteiger partial charge in [0.05, 0.1) is 45.0 Å². The molecule has 1 N–H and O–H groups in total. The summed E-state index contributed by atoms with van der Waals surface area (Å²) in [7, 11) is 0. The second kappa shape index (κ2) is 9.21. The number of rotatable bonds is 5. The lowest BCUT2D eigenvalue weighted by Crippen LogP contribution is -2.73. The summed E-state index contributed by atoms with van der Waals surface area (Å²) in [6.07, 6.45) is 0. The van der Waals surface area contributed by atoms with Crippen LogP contribution < -0.4 is 0 Å². The number of aliphatic hydroxyl groups is 1. The van der Waals surface area contributed by atoms with Crippen LogP contribution in [0.25, 0.3) is 11.1 Å². The molecule has 8 heteroatoms. The average molecular weight is 454 g/mol. The standard InChI is InChI=1S/C25H28FN3O4/c26-20-3-1-2-19(12-20)17-4-6-18(7-5-17)25-21-13-28(15-24(32)29(21)22(25)16-30)23(31)14-27-8-10-33-11-9-27/h1-7,12,21-22,25,30H,8-11,13-16H2/t21-,22+,25+/m0/s1. The van der Waals surface area contributed by atoms with E-state index in [1.165, 1.54) is 12.1 Å². The maximum Gasteiger partial charge on any atom is 0.242 e. The molecule has 33 heavy (non-hydrogen) atoms. The molecule has 0 aromatic heterocycles. The summed E-state index contributed by atoms with van der Waals surface area (Å²) in [5, 5.41) is 9.99. The van der Waals surface area contributed by atoms with Crippen molar-refractivity contribution in [3.63, 3.8) is 0 Å². The first-order valence-electron chi connectivity index (χ1n) is 11.4. The maximum absolute atomic E-state index is 13.6. The molecule has 0 saturated carbocycles. The lowest BCUT2D eigenvalue weighted by atomic mass is 9.73. The third-order valence-electron chi connectivity index (χ3n) is 7.02. The molecule has 3 atom stereocenters. The summed E-state index contributed by atoms with van der Waals surface area (Å²) in [5.74, 6) is -0.501. The molecule has 0 unspecified atom stereocenters. The number of amides is 2. The molecule has 3 heterocycles. The number of aliphatic hydroxyl groups excluding tert-OH is 1. The quantitative estimate of drug-likeness (QED) is 0.740. The van der Waals surface area contributed by atoms with Crippen LogP contribution in [-0.4, -0.2) is 96.2 Å². The van der Waals surface area contributed by atoms with Gasteiger partial charge in [-0.2, -0.15) is 0 Å². The normalized spacial score (nSPS) is 25.5. The van der Waals surface area contributed by atoms with Crippen molar-refractivity contribution < 1.29 is 23.8 Å². The summed E-state index contributed by atoms with van der Waals surface area (Å²) < 4.78 is 18.9. The van der Waals surface area contributed by atoms with Crippen molar-refractivity contribution in [1.82, 2.24) is 14.7 Å². The second-order valence-corrected chi connectivity index (χ2v) is 8.94. The van der Waals surface area contributed by atoms with Crippen molar-refractivity contribution in [3.8, 4) is 11.1 Å². The topological polar surface area (TPSA) is 73.3 Å². The van der Waals surface area contributed by atoms with Gasteiger partial charge in [0.15, 0.2) is 0 Å². The third kappa shape index (κ3) is 4.26. The monoisotopic (exact) mass is 453 g/mol.